The molecule has 5 nitrogen and oxygen atoms in total. The highest BCUT2D eigenvalue weighted by Crippen LogP contribution is 2.38. The van der Waals surface area contributed by atoms with Gasteiger partial charge in [0.05, 0.1) is 6.04 Å². The summed E-state index contributed by atoms with van der Waals surface area (Å²) in [7, 11) is 1.47. The maximum Gasteiger partial charge on any atom is 0.249 e. The lowest BCUT2D eigenvalue weighted by molar-refractivity contribution is -0.143. The van der Waals surface area contributed by atoms with Crippen LogP contribution in [0, 0.1) is 6.92 Å². The summed E-state index contributed by atoms with van der Waals surface area (Å²) in [5.74, 6) is -0.271. The molecule has 3 rings (SSSR count). The Balaban J connectivity index is 1.90. The second-order valence-electron chi connectivity index (χ2n) is 6.89. The Labute approximate surface area is 170 Å². The second kappa shape index (κ2) is 9.17. The molecule has 1 aromatic heterocycles. The highest BCUT2D eigenvalue weighted by atomic mass is 32.1. The Hall–Kier alpha value is -2.44. The zero-order valence-electron chi connectivity index (χ0n) is 16.4. The summed E-state index contributed by atoms with van der Waals surface area (Å²) in [4.78, 5) is 30.3. The van der Waals surface area contributed by atoms with E-state index in [1.54, 1.807) is 17.4 Å². The van der Waals surface area contributed by atoms with Gasteiger partial charge in [0, 0.05) is 25.1 Å². The van der Waals surface area contributed by atoms with Crippen LogP contribution in [0.15, 0.2) is 48.4 Å². The number of rotatable bonds is 7. The molecule has 1 aliphatic heterocycles. The van der Waals surface area contributed by atoms with Crippen LogP contribution < -0.4 is 0 Å². The van der Waals surface area contributed by atoms with Gasteiger partial charge in [0.1, 0.15) is 13.2 Å². The molecule has 0 spiro atoms. The molecule has 0 saturated carbocycles. The number of carbonyl (C=O) groups is 2. The van der Waals surface area contributed by atoms with Crippen LogP contribution in [0.1, 0.15) is 27.6 Å². The predicted octanol–water partition coefficient (Wildman–Crippen LogP) is 3.19. The van der Waals surface area contributed by atoms with Gasteiger partial charge in [-0.25, -0.2) is 0 Å². The molecule has 0 fully saturated rings. The third kappa shape index (κ3) is 4.18. The normalized spacial score (nSPS) is 15.8. The number of carbonyl (C=O) groups excluding carboxylic acids is 2. The van der Waals surface area contributed by atoms with Crippen molar-refractivity contribution < 1.29 is 14.3 Å². The summed E-state index contributed by atoms with van der Waals surface area (Å²) in [6, 6.07) is 10.2. The van der Waals surface area contributed by atoms with E-state index in [1.165, 1.54) is 22.5 Å². The maximum absolute atomic E-state index is 13.3. The summed E-state index contributed by atoms with van der Waals surface area (Å²) in [5.41, 5.74) is 3.48. The van der Waals surface area contributed by atoms with Crippen LogP contribution in [-0.4, -0.2) is 55.0 Å². The highest BCUT2D eigenvalue weighted by molar-refractivity contribution is 7.10. The van der Waals surface area contributed by atoms with E-state index in [4.69, 9.17) is 4.74 Å². The smallest absolute Gasteiger partial charge is 0.249 e. The van der Waals surface area contributed by atoms with Crippen LogP contribution in [-0.2, 0) is 20.7 Å². The molecule has 0 radical (unpaired) electrons. The van der Waals surface area contributed by atoms with Gasteiger partial charge in [-0.3, -0.25) is 9.59 Å². The SMILES string of the molecule is C=CCN(CC(=O)N1CCc2sccc2[C@H]1c1ccccc1C)C(=O)COC. The van der Waals surface area contributed by atoms with Gasteiger partial charge in [-0.1, -0.05) is 30.3 Å². The largest absolute Gasteiger partial charge is 0.375 e. The minimum Gasteiger partial charge on any atom is -0.375 e. The molecular weight excluding hydrogens is 372 g/mol. The van der Waals surface area contributed by atoms with Gasteiger partial charge in [0.15, 0.2) is 0 Å². The molecule has 6 heteroatoms. The monoisotopic (exact) mass is 398 g/mol. The van der Waals surface area contributed by atoms with Gasteiger partial charge in [-0.2, -0.15) is 0 Å². The van der Waals surface area contributed by atoms with E-state index in [9.17, 15) is 9.59 Å². The minimum atomic E-state index is -0.212. The van der Waals surface area contributed by atoms with Crippen molar-refractivity contribution in [1.82, 2.24) is 9.80 Å². The Morgan fingerprint density at radius 1 is 1.32 bits per heavy atom. The van der Waals surface area contributed by atoms with Crippen LogP contribution in [0.3, 0.4) is 0 Å². The molecule has 0 unspecified atom stereocenters. The van der Waals surface area contributed by atoms with Crippen LogP contribution in [0.2, 0.25) is 0 Å². The summed E-state index contributed by atoms with van der Waals surface area (Å²) in [6.45, 7) is 6.72. The molecule has 0 bridgehead atoms. The van der Waals surface area contributed by atoms with Gasteiger partial charge in [0.25, 0.3) is 0 Å². The van der Waals surface area contributed by atoms with E-state index >= 15 is 0 Å². The molecule has 148 valence electrons. The lowest BCUT2D eigenvalue weighted by Gasteiger charge is -2.38. The first-order valence-electron chi connectivity index (χ1n) is 9.35. The van der Waals surface area contributed by atoms with E-state index in [1.807, 2.05) is 17.0 Å². The van der Waals surface area contributed by atoms with Crippen LogP contribution in [0.25, 0.3) is 0 Å². The molecule has 1 aliphatic rings. The molecular formula is C22H26N2O3S. The van der Waals surface area contributed by atoms with E-state index < -0.39 is 0 Å². The molecule has 0 aliphatic carbocycles. The Morgan fingerprint density at radius 3 is 2.82 bits per heavy atom. The fraction of sp³-hybridized carbons (Fsp3) is 0.364. The second-order valence-corrected chi connectivity index (χ2v) is 7.89. The number of ether oxygens (including phenoxy) is 1. The van der Waals surface area contributed by atoms with Crippen molar-refractivity contribution in [3.8, 4) is 0 Å². The lowest BCUT2D eigenvalue weighted by Crippen LogP contribution is -2.47. The first-order chi connectivity index (χ1) is 13.6. The molecule has 2 heterocycles. The molecule has 1 atom stereocenters. The number of thiophene rings is 1. The number of aryl methyl sites for hydroxylation is 1. The fourth-order valence-electron chi connectivity index (χ4n) is 3.69. The quantitative estimate of drug-likeness (QED) is 0.673. The van der Waals surface area contributed by atoms with E-state index in [0.717, 1.165) is 17.5 Å². The van der Waals surface area contributed by atoms with Crippen LogP contribution >= 0.6 is 11.3 Å². The number of hydrogen-bond donors (Lipinski definition) is 0. The third-order valence-corrected chi connectivity index (χ3v) is 6.06. The van der Waals surface area contributed by atoms with Crippen molar-refractivity contribution >= 4 is 23.2 Å². The molecule has 1 aromatic carbocycles. The molecule has 28 heavy (non-hydrogen) atoms. The minimum absolute atomic E-state index is 0.0239. The van der Waals surface area contributed by atoms with Crippen LogP contribution in [0.4, 0.5) is 0 Å². The van der Waals surface area contributed by atoms with Crippen molar-refractivity contribution in [3.05, 3.63) is 69.9 Å². The van der Waals surface area contributed by atoms with Crippen molar-refractivity contribution in [3.63, 3.8) is 0 Å². The van der Waals surface area contributed by atoms with Gasteiger partial charge >= 0.3 is 0 Å². The zero-order valence-corrected chi connectivity index (χ0v) is 17.2. The number of hydrogen-bond acceptors (Lipinski definition) is 4. The predicted molar refractivity (Wildman–Crippen MR) is 111 cm³/mol. The maximum atomic E-state index is 13.3. The average Bonchev–Trinajstić information content (AvgIpc) is 3.16. The Morgan fingerprint density at radius 2 is 2.11 bits per heavy atom. The Bertz CT molecular complexity index is 861. The third-order valence-electron chi connectivity index (χ3n) is 5.07. The molecule has 0 N–H and O–H groups in total. The van der Waals surface area contributed by atoms with Crippen molar-refractivity contribution in [2.75, 3.05) is 33.4 Å². The number of methoxy groups -OCH3 is 1. The average molecular weight is 399 g/mol. The van der Waals surface area contributed by atoms with E-state index in [-0.39, 0.29) is 31.0 Å². The van der Waals surface area contributed by atoms with E-state index in [2.05, 4.69) is 37.1 Å². The zero-order chi connectivity index (χ0) is 20.1. The van der Waals surface area contributed by atoms with E-state index in [0.29, 0.717) is 13.1 Å². The van der Waals surface area contributed by atoms with Gasteiger partial charge in [0.2, 0.25) is 11.8 Å². The number of benzene rings is 1. The van der Waals surface area contributed by atoms with Crippen LogP contribution in [0.5, 0.6) is 0 Å². The van der Waals surface area contributed by atoms with Gasteiger partial charge in [-0.15, -0.1) is 17.9 Å². The summed E-state index contributed by atoms with van der Waals surface area (Å²) >= 11 is 1.74. The highest BCUT2D eigenvalue weighted by Gasteiger charge is 2.34. The lowest BCUT2D eigenvalue weighted by atomic mass is 9.90. The summed E-state index contributed by atoms with van der Waals surface area (Å²) in [6.07, 6.45) is 2.47. The topological polar surface area (TPSA) is 49.9 Å². The molecule has 2 amide bonds. The summed E-state index contributed by atoms with van der Waals surface area (Å²) < 4.78 is 4.95. The van der Waals surface area contributed by atoms with Crippen molar-refractivity contribution in [2.45, 2.75) is 19.4 Å². The fourth-order valence-corrected chi connectivity index (χ4v) is 4.60. The molecule has 0 saturated heterocycles. The first-order valence-corrected chi connectivity index (χ1v) is 10.2. The standard InChI is InChI=1S/C22H26N2O3S/c1-4-11-23(21(26)15-27-3)14-20(25)24-12-9-19-18(10-13-28-19)22(24)17-8-6-5-7-16(17)2/h4-8,10,13,22H,1,9,11-12,14-15H2,2-3H3/t22-/m1/s1. The Kier molecular flexibility index (Phi) is 6.65. The van der Waals surface area contributed by atoms with Crippen molar-refractivity contribution in [2.24, 2.45) is 0 Å². The number of fused-ring (bicyclic) bond motifs is 1. The molecule has 2 aromatic rings. The first kappa shape index (κ1) is 20.3. The summed E-state index contributed by atoms with van der Waals surface area (Å²) in [5, 5.41) is 2.09. The van der Waals surface area contributed by atoms with Gasteiger partial charge in [-0.05, 0) is 41.5 Å². The number of nitrogens with zero attached hydrogens (tertiary/aromatic N) is 2. The van der Waals surface area contributed by atoms with Gasteiger partial charge < -0.3 is 14.5 Å². The van der Waals surface area contributed by atoms with Crippen molar-refractivity contribution in [1.29, 1.82) is 0 Å². The number of amides is 2.